The third-order valence-corrected chi connectivity index (χ3v) is 4.28. The third-order valence-electron chi connectivity index (χ3n) is 2.57. The highest BCUT2D eigenvalue weighted by Crippen LogP contribution is 2.34. The molecule has 7 nitrogen and oxygen atoms in total. The van der Waals surface area contributed by atoms with Gasteiger partial charge >= 0.3 is 5.69 Å². The van der Waals surface area contributed by atoms with Gasteiger partial charge in [0.1, 0.15) is 5.69 Å². The number of nitrogens with one attached hydrogen (secondary N) is 1. The number of nitro benzene ring substituents is 1. The number of sulfone groups is 1. The van der Waals surface area contributed by atoms with Crippen LogP contribution in [0.15, 0.2) is 18.2 Å². The second-order valence-corrected chi connectivity index (χ2v) is 6.25. The largest absolute Gasteiger partial charge is 0.490 e. The molecule has 1 aromatic carbocycles. The van der Waals surface area contributed by atoms with Gasteiger partial charge in [-0.1, -0.05) is 13.0 Å². The fourth-order valence-corrected chi connectivity index (χ4v) is 2.21. The van der Waals surface area contributed by atoms with Gasteiger partial charge in [0.15, 0.2) is 15.6 Å². The summed E-state index contributed by atoms with van der Waals surface area (Å²) in [5.41, 5.74) is 0.0505. The number of methoxy groups -OCH3 is 1. The van der Waals surface area contributed by atoms with Crippen LogP contribution in [0.25, 0.3) is 0 Å². The standard InChI is InChI=1S/C11H16N2O5S/c1-3-19(16,17)8-7-12-9-5-4-6-10(18-2)11(9)13(14)15/h4-6,12H,3,7-8H2,1-2H3. The van der Waals surface area contributed by atoms with Gasteiger partial charge in [0.2, 0.25) is 0 Å². The van der Waals surface area contributed by atoms with Crippen molar-refractivity contribution in [3.8, 4) is 5.75 Å². The normalized spacial score (nSPS) is 11.1. The van der Waals surface area contributed by atoms with Crippen LogP contribution in [0, 0.1) is 10.1 Å². The summed E-state index contributed by atoms with van der Waals surface area (Å²) in [4.78, 5) is 10.4. The average Bonchev–Trinajstić information content (AvgIpc) is 2.37. The Bertz CT molecular complexity index is 556. The lowest BCUT2D eigenvalue weighted by Crippen LogP contribution is -2.17. The Labute approximate surface area is 111 Å². The van der Waals surface area contributed by atoms with Crippen molar-refractivity contribution >= 4 is 21.2 Å². The minimum Gasteiger partial charge on any atom is -0.490 e. The molecular formula is C11H16N2O5S. The number of hydrogen-bond donors (Lipinski definition) is 1. The van der Waals surface area contributed by atoms with Gasteiger partial charge in [-0.2, -0.15) is 0 Å². The molecule has 106 valence electrons. The Morgan fingerprint density at radius 2 is 2.11 bits per heavy atom. The Morgan fingerprint density at radius 3 is 2.63 bits per heavy atom. The quantitative estimate of drug-likeness (QED) is 0.602. The van der Waals surface area contributed by atoms with Crippen LogP contribution in [-0.2, 0) is 9.84 Å². The third kappa shape index (κ3) is 4.09. The lowest BCUT2D eigenvalue weighted by atomic mass is 10.2. The van der Waals surface area contributed by atoms with Crippen LogP contribution in [-0.4, -0.2) is 38.5 Å². The predicted octanol–water partition coefficient (Wildman–Crippen LogP) is 1.45. The first-order valence-electron chi connectivity index (χ1n) is 5.67. The van der Waals surface area contributed by atoms with Crippen LogP contribution < -0.4 is 10.1 Å². The minimum atomic E-state index is -3.10. The Morgan fingerprint density at radius 1 is 1.42 bits per heavy atom. The lowest BCUT2D eigenvalue weighted by molar-refractivity contribution is -0.384. The van der Waals surface area contributed by atoms with Gasteiger partial charge in [-0.25, -0.2) is 8.42 Å². The Hall–Kier alpha value is -1.83. The van der Waals surface area contributed by atoms with E-state index in [0.29, 0.717) is 0 Å². The molecular weight excluding hydrogens is 272 g/mol. The summed E-state index contributed by atoms with van der Waals surface area (Å²) < 4.78 is 27.6. The first kappa shape index (κ1) is 15.2. The van der Waals surface area contributed by atoms with E-state index in [1.54, 1.807) is 13.0 Å². The van der Waals surface area contributed by atoms with Gasteiger partial charge in [-0.15, -0.1) is 0 Å². The monoisotopic (exact) mass is 288 g/mol. The minimum absolute atomic E-state index is 0.0505. The molecule has 0 fully saturated rings. The van der Waals surface area contributed by atoms with E-state index in [1.165, 1.54) is 19.2 Å². The van der Waals surface area contributed by atoms with Crippen LogP contribution in [0.4, 0.5) is 11.4 Å². The SMILES string of the molecule is CCS(=O)(=O)CCNc1cccc(OC)c1[N+](=O)[O-]. The molecule has 0 saturated heterocycles. The maximum atomic E-state index is 11.3. The lowest BCUT2D eigenvalue weighted by Gasteiger charge is -2.09. The van der Waals surface area contributed by atoms with Gasteiger partial charge in [0.25, 0.3) is 0 Å². The van der Waals surface area contributed by atoms with Crippen molar-refractivity contribution in [2.75, 3.05) is 30.5 Å². The van der Waals surface area contributed by atoms with E-state index in [9.17, 15) is 18.5 Å². The molecule has 0 aromatic heterocycles. The Balaban J connectivity index is 2.87. The smallest absolute Gasteiger partial charge is 0.333 e. The second-order valence-electron chi connectivity index (χ2n) is 3.78. The highest BCUT2D eigenvalue weighted by atomic mass is 32.2. The van der Waals surface area contributed by atoms with Crippen LogP contribution >= 0.6 is 0 Å². The number of nitrogens with zero attached hydrogens (tertiary/aromatic N) is 1. The van der Waals surface area contributed by atoms with E-state index in [-0.39, 0.29) is 35.2 Å². The van der Waals surface area contributed by atoms with Gasteiger partial charge in [0, 0.05) is 12.3 Å². The van der Waals surface area contributed by atoms with E-state index in [2.05, 4.69) is 5.32 Å². The highest BCUT2D eigenvalue weighted by Gasteiger charge is 2.20. The number of para-hydroxylation sites is 1. The summed E-state index contributed by atoms with van der Waals surface area (Å²) in [6.07, 6.45) is 0. The topological polar surface area (TPSA) is 98.5 Å². The molecule has 0 heterocycles. The van der Waals surface area contributed by atoms with Gasteiger partial charge in [0.05, 0.1) is 17.8 Å². The van der Waals surface area contributed by atoms with Gasteiger partial charge in [-0.05, 0) is 12.1 Å². The first-order chi connectivity index (χ1) is 8.91. The van der Waals surface area contributed by atoms with Crippen molar-refractivity contribution in [2.45, 2.75) is 6.92 Å². The Kier molecular flexibility index (Phi) is 5.11. The molecule has 1 rings (SSSR count). The number of rotatable bonds is 7. The number of hydrogen-bond acceptors (Lipinski definition) is 6. The van der Waals surface area contributed by atoms with Crippen molar-refractivity contribution in [2.24, 2.45) is 0 Å². The molecule has 19 heavy (non-hydrogen) atoms. The van der Waals surface area contributed by atoms with Crippen LogP contribution in [0.5, 0.6) is 5.75 Å². The van der Waals surface area contributed by atoms with Gasteiger partial charge in [-0.3, -0.25) is 10.1 Å². The maximum absolute atomic E-state index is 11.3. The molecule has 0 amide bonds. The van der Waals surface area contributed by atoms with Crippen molar-refractivity contribution in [3.63, 3.8) is 0 Å². The average molecular weight is 288 g/mol. The number of ether oxygens (including phenoxy) is 1. The molecule has 1 aromatic rings. The molecule has 0 bridgehead atoms. The van der Waals surface area contributed by atoms with Crippen molar-refractivity contribution < 1.29 is 18.1 Å². The molecule has 8 heteroatoms. The van der Waals surface area contributed by atoms with E-state index in [1.807, 2.05) is 0 Å². The summed E-state index contributed by atoms with van der Waals surface area (Å²) >= 11 is 0. The summed E-state index contributed by atoms with van der Waals surface area (Å²) in [5.74, 6) is 0.112. The molecule has 0 aliphatic carbocycles. The van der Waals surface area contributed by atoms with Crippen LogP contribution in [0.2, 0.25) is 0 Å². The molecule has 0 atom stereocenters. The first-order valence-corrected chi connectivity index (χ1v) is 7.49. The van der Waals surface area contributed by atoms with Crippen molar-refractivity contribution in [1.82, 2.24) is 0 Å². The zero-order valence-corrected chi connectivity index (χ0v) is 11.6. The van der Waals surface area contributed by atoms with Crippen molar-refractivity contribution in [1.29, 1.82) is 0 Å². The molecule has 0 radical (unpaired) electrons. The number of benzene rings is 1. The molecule has 0 aliphatic heterocycles. The molecule has 1 N–H and O–H groups in total. The highest BCUT2D eigenvalue weighted by molar-refractivity contribution is 7.91. The molecule has 0 aliphatic rings. The number of anilines is 1. The summed E-state index contributed by atoms with van der Waals surface area (Å²) in [6.45, 7) is 1.67. The van der Waals surface area contributed by atoms with Gasteiger partial charge < -0.3 is 10.1 Å². The molecule has 0 unspecified atom stereocenters. The van der Waals surface area contributed by atoms with E-state index >= 15 is 0 Å². The maximum Gasteiger partial charge on any atom is 0.333 e. The van der Waals surface area contributed by atoms with Crippen LogP contribution in [0.1, 0.15) is 6.92 Å². The molecule has 0 spiro atoms. The van der Waals surface area contributed by atoms with Crippen LogP contribution in [0.3, 0.4) is 0 Å². The fraction of sp³-hybridized carbons (Fsp3) is 0.455. The fourth-order valence-electron chi connectivity index (χ4n) is 1.50. The second kappa shape index (κ2) is 6.37. The molecule has 0 saturated carbocycles. The van der Waals surface area contributed by atoms with Crippen molar-refractivity contribution in [3.05, 3.63) is 28.3 Å². The summed E-state index contributed by atoms with van der Waals surface area (Å²) in [7, 11) is -1.76. The van der Waals surface area contributed by atoms with E-state index in [4.69, 9.17) is 4.74 Å². The summed E-state index contributed by atoms with van der Waals surface area (Å²) in [5, 5.41) is 13.7. The zero-order chi connectivity index (χ0) is 14.5. The summed E-state index contributed by atoms with van der Waals surface area (Å²) in [6, 6.07) is 4.59. The van der Waals surface area contributed by atoms with E-state index in [0.717, 1.165) is 0 Å². The predicted molar refractivity (Wildman–Crippen MR) is 72.5 cm³/mol. The zero-order valence-electron chi connectivity index (χ0n) is 10.8. The number of nitro groups is 1. The van der Waals surface area contributed by atoms with E-state index < -0.39 is 14.8 Å².